The number of aliphatic hydroxyl groups is 1. The maximum atomic E-state index is 8.72. The summed E-state index contributed by atoms with van der Waals surface area (Å²) < 4.78 is 1.88. The van der Waals surface area contributed by atoms with E-state index in [-0.39, 0.29) is 6.61 Å². The van der Waals surface area contributed by atoms with E-state index in [0.29, 0.717) is 6.54 Å². The van der Waals surface area contributed by atoms with E-state index < -0.39 is 0 Å². The molecule has 0 saturated carbocycles. The zero-order valence-electron chi connectivity index (χ0n) is 10.2. The van der Waals surface area contributed by atoms with E-state index in [2.05, 4.69) is 16.9 Å². The summed E-state index contributed by atoms with van der Waals surface area (Å²) in [6.45, 7) is 4.38. The van der Waals surface area contributed by atoms with Crippen LogP contribution in [0.3, 0.4) is 0 Å². The molecule has 0 aliphatic rings. The Morgan fingerprint density at radius 3 is 2.89 bits per heavy atom. The predicted molar refractivity (Wildman–Crippen MR) is 74.1 cm³/mol. The van der Waals surface area contributed by atoms with Gasteiger partial charge in [-0.3, -0.25) is 4.68 Å². The highest BCUT2D eigenvalue weighted by Gasteiger charge is 2.11. The van der Waals surface area contributed by atoms with Crippen molar-refractivity contribution in [3.8, 4) is 11.8 Å². The Hall–Kier alpha value is -1.28. The Bertz CT molecular complexity index is 619. The number of rotatable bonds is 2. The molecule has 1 N–H and O–H groups in total. The van der Waals surface area contributed by atoms with Crippen molar-refractivity contribution in [2.45, 2.75) is 20.4 Å². The molecule has 18 heavy (non-hydrogen) atoms. The van der Waals surface area contributed by atoms with Crippen molar-refractivity contribution in [3.63, 3.8) is 0 Å². The molecule has 0 bridgehead atoms. The van der Waals surface area contributed by atoms with Crippen LogP contribution >= 0.6 is 22.9 Å². The average Bonchev–Trinajstić information content (AvgIpc) is 2.89. The van der Waals surface area contributed by atoms with E-state index >= 15 is 0 Å². The monoisotopic (exact) mass is 280 g/mol. The second-order valence-electron chi connectivity index (χ2n) is 3.86. The van der Waals surface area contributed by atoms with Crippen molar-refractivity contribution in [2.24, 2.45) is 0 Å². The van der Waals surface area contributed by atoms with Gasteiger partial charge in [0.05, 0.1) is 23.0 Å². The van der Waals surface area contributed by atoms with E-state index in [0.717, 1.165) is 26.9 Å². The molecule has 0 saturated heterocycles. The first-order chi connectivity index (χ1) is 8.63. The molecule has 5 heteroatoms. The fraction of sp³-hybridized carbons (Fsp3) is 0.308. The summed E-state index contributed by atoms with van der Waals surface area (Å²) >= 11 is 7.75. The summed E-state index contributed by atoms with van der Waals surface area (Å²) in [7, 11) is 0. The van der Waals surface area contributed by atoms with Gasteiger partial charge in [0.1, 0.15) is 6.61 Å². The lowest BCUT2D eigenvalue weighted by atomic mass is 10.2. The molecule has 0 radical (unpaired) electrons. The number of halogens is 1. The molecule has 0 unspecified atom stereocenters. The van der Waals surface area contributed by atoms with Gasteiger partial charge in [-0.1, -0.05) is 23.4 Å². The zero-order chi connectivity index (χ0) is 13.1. The van der Waals surface area contributed by atoms with Crippen molar-refractivity contribution >= 4 is 22.9 Å². The van der Waals surface area contributed by atoms with Crippen molar-refractivity contribution < 1.29 is 5.11 Å². The molecular weight excluding hydrogens is 268 g/mol. The van der Waals surface area contributed by atoms with Crippen LogP contribution in [0.2, 0.25) is 5.02 Å². The third kappa shape index (κ3) is 2.59. The lowest BCUT2D eigenvalue weighted by Crippen LogP contribution is -2.03. The van der Waals surface area contributed by atoms with Crippen molar-refractivity contribution in [1.29, 1.82) is 0 Å². The van der Waals surface area contributed by atoms with Gasteiger partial charge in [0.15, 0.2) is 0 Å². The highest BCUT2D eigenvalue weighted by Crippen LogP contribution is 2.22. The van der Waals surface area contributed by atoms with Crippen LogP contribution in [0.1, 0.15) is 21.8 Å². The van der Waals surface area contributed by atoms with Gasteiger partial charge < -0.3 is 5.11 Å². The number of aliphatic hydroxyl groups excluding tert-OH is 1. The summed E-state index contributed by atoms with van der Waals surface area (Å²) in [4.78, 5) is 1.12. The maximum absolute atomic E-state index is 8.72. The molecule has 0 spiro atoms. The van der Waals surface area contributed by atoms with E-state index in [1.807, 2.05) is 30.0 Å². The fourth-order valence-electron chi connectivity index (χ4n) is 1.67. The molecule has 0 aliphatic heterocycles. The molecule has 2 rings (SSSR count). The molecule has 0 amide bonds. The number of aryl methyl sites for hydroxylation is 1. The van der Waals surface area contributed by atoms with Crippen LogP contribution in [-0.4, -0.2) is 21.5 Å². The minimum absolute atomic E-state index is 0.124. The Balaban J connectivity index is 2.29. The highest BCUT2D eigenvalue weighted by atomic mass is 35.5. The van der Waals surface area contributed by atoms with Crippen LogP contribution in [0.5, 0.6) is 0 Å². The molecule has 2 heterocycles. The van der Waals surface area contributed by atoms with Crippen molar-refractivity contribution in [1.82, 2.24) is 9.78 Å². The normalized spacial score (nSPS) is 10.2. The van der Waals surface area contributed by atoms with Crippen LogP contribution in [0.25, 0.3) is 0 Å². The van der Waals surface area contributed by atoms with Gasteiger partial charge in [0.2, 0.25) is 0 Å². The number of hydrogen-bond donors (Lipinski definition) is 1. The van der Waals surface area contributed by atoms with Gasteiger partial charge in [0, 0.05) is 10.4 Å². The molecule has 94 valence electrons. The predicted octanol–water partition coefficient (Wildman–Crippen LogP) is 2.61. The number of hydrogen-bond acceptors (Lipinski definition) is 3. The summed E-state index contributed by atoms with van der Waals surface area (Å²) in [6.07, 6.45) is 0. The number of thiophene rings is 1. The first-order valence-corrected chi connectivity index (χ1v) is 6.75. The summed E-state index contributed by atoms with van der Waals surface area (Å²) in [6, 6.07) is 1.95. The largest absolute Gasteiger partial charge is 0.384 e. The standard InChI is InChI=1S/C13H13ClN2OS/c1-9-13(14)10(2)16(15-9)8-12-11(4-3-6-17)5-7-18-12/h5,7,17H,6,8H2,1-2H3. The molecule has 2 aromatic rings. The van der Waals surface area contributed by atoms with Gasteiger partial charge >= 0.3 is 0 Å². The topological polar surface area (TPSA) is 38.0 Å². The summed E-state index contributed by atoms with van der Waals surface area (Å²) in [5.74, 6) is 5.60. The van der Waals surface area contributed by atoms with Gasteiger partial charge in [-0.15, -0.1) is 11.3 Å². The summed E-state index contributed by atoms with van der Waals surface area (Å²) in [5.41, 5.74) is 2.75. The van der Waals surface area contributed by atoms with E-state index in [4.69, 9.17) is 16.7 Å². The van der Waals surface area contributed by atoms with Gasteiger partial charge in [-0.05, 0) is 25.3 Å². The molecule has 0 atom stereocenters. The minimum Gasteiger partial charge on any atom is -0.384 e. The Kier molecular flexibility index (Phi) is 4.07. The number of aromatic nitrogens is 2. The third-order valence-corrected chi connectivity index (χ3v) is 4.09. The first-order valence-electron chi connectivity index (χ1n) is 5.49. The van der Waals surface area contributed by atoms with E-state index in [1.54, 1.807) is 11.3 Å². The van der Waals surface area contributed by atoms with Gasteiger partial charge in [0.25, 0.3) is 0 Å². The Morgan fingerprint density at radius 1 is 1.50 bits per heavy atom. The average molecular weight is 281 g/mol. The van der Waals surface area contributed by atoms with Crippen LogP contribution in [-0.2, 0) is 6.54 Å². The second-order valence-corrected chi connectivity index (χ2v) is 5.24. The molecule has 0 aliphatic carbocycles. The lowest BCUT2D eigenvalue weighted by Gasteiger charge is -2.03. The van der Waals surface area contributed by atoms with Gasteiger partial charge in [-0.25, -0.2) is 0 Å². The van der Waals surface area contributed by atoms with E-state index in [1.165, 1.54) is 0 Å². The quantitative estimate of drug-likeness (QED) is 0.859. The molecule has 2 aromatic heterocycles. The highest BCUT2D eigenvalue weighted by molar-refractivity contribution is 7.10. The summed E-state index contributed by atoms with van der Waals surface area (Å²) in [5, 5.41) is 15.8. The molecule has 3 nitrogen and oxygen atoms in total. The molecule has 0 aromatic carbocycles. The Morgan fingerprint density at radius 2 is 2.28 bits per heavy atom. The lowest BCUT2D eigenvalue weighted by molar-refractivity contribution is 0.350. The smallest absolute Gasteiger partial charge is 0.104 e. The van der Waals surface area contributed by atoms with Crippen molar-refractivity contribution in [2.75, 3.05) is 6.61 Å². The van der Waals surface area contributed by atoms with Crippen molar-refractivity contribution in [3.05, 3.63) is 38.3 Å². The minimum atomic E-state index is -0.124. The molecular formula is C13H13ClN2OS. The Labute approximate surface area is 115 Å². The van der Waals surface area contributed by atoms with Gasteiger partial charge in [-0.2, -0.15) is 5.10 Å². The van der Waals surface area contributed by atoms with Crippen LogP contribution in [0, 0.1) is 25.7 Å². The van der Waals surface area contributed by atoms with E-state index in [9.17, 15) is 0 Å². The van der Waals surface area contributed by atoms with Crippen LogP contribution in [0.15, 0.2) is 11.4 Å². The van der Waals surface area contributed by atoms with Crippen LogP contribution in [0.4, 0.5) is 0 Å². The first kappa shape index (κ1) is 13.2. The SMILES string of the molecule is Cc1nn(Cc2sccc2C#CCO)c(C)c1Cl. The third-order valence-electron chi connectivity index (χ3n) is 2.63. The molecule has 0 fully saturated rings. The fourth-order valence-corrected chi connectivity index (χ4v) is 2.62. The second kappa shape index (κ2) is 5.57. The van der Waals surface area contributed by atoms with Crippen LogP contribution < -0.4 is 0 Å². The number of nitrogens with zero attached hydrogens (tertiary/aromatic N) is 2. The zero-order valence-corrected chi connectivity index (χ0v) is 11.8. The maximum Gasteiger partial charge on any atom is 0.104 e.